The van der Waals surface area contributed by atoms with Crippen LogP contribution >= 0.6 is 0 Å². The monoisotopic (exact) mass is 398 g/mol. The predicted molar refractivity (Wildman–Crippen MR) is 113 cm³/mol. The molecule has 0 radical (unpaired) electrons. The molecule has 4 heteroatoms. The van der Waals surface area contributed by atoms with Crippen LogP contribution in [0.2, 0.25) is 0 Å². The van der Waals surface area contributed by atoms with Crippen molar-refractivity contribution >= 4 is 0 Å². The highest BCUT2D eigenvalue weighted by Crippen LogP contribution is 2.33. The molecule has 2 nitrogen and oxygen atoms in total. The Kier molecular flexibility index (Phi) is 7.59. The lowest BCUT2D eigenvalue weighted by molar-refractivity contribution is -0.000184. The van der Waals surface area contributed by atoms with E-state index < -0.39 is 11.6 Å². The molecule has 1 saturated heterocycles. The van der Waals surface area contributed by atoms with E-state index in [-0.39, 0.29) is 17.9 Å². The van der Waals surface area contributed by atoms with Gasteiger partial charge in [-0.05, 0) is 55.9 Å². The van der Waals surface area contributed by atoms with Crippen LogP contribution < -0.4 is 4.74 Å². The summed E-state index contributed by atoms with van der Waals surface area (Å²) in [6.07, 6.45) is 10.3. The van der Waals surface area contributed by atoms with Gasteiger partial charge in [-0.3, -0.25) is 0 Å². The average molecular weight is 398 g/mol. The third-order valence-corrected chi connectivity index (χ3v) is 5.36. The summed E-state index contributed by atoms with van der Waals surface area (Å²) in [5.41, 5.74) is 2.04. The van der Waals surface area contributed by atoms with E-state index in [4.69, 9.17) is 9.47 Å². The molecule has 2 aromatic carbocycles. The molecule has 3 rings (SSSR count). The first-order valence-electron chi connectivity index (χ1n) is 10.2. The van der Waals surface area contributed by atoms with Gasteiger partial charge in [-0.25, -0.2) is 4.39 Å². The summed E-state index contributed by atoms with van der Waals surface area (Å²) in [6, 6.07) is 10.7. The first-order valence-corrected chi connectivity index (χ1v) is 10.2. The first kappa shape index (κ1) is 21.3. The van der Waals surface area contributed by atoms with Crippen LogP contribution in [0.15, 0.2) is 61.2 Å². The minimum atomic E-state index is -0.974. The summed E-state index contributed by atoms with van der Waals surface area (Å²) in [5.74, 6) is -1.63. The van der Waals surface area contributed by atoms with E-state index in [0.717, 1.165) is 25.7 Å². The lowest BCUT2D eigenvalue weighted by Crippen LogP contribution is -2.24. The van der Waals surface area contributed by atoms with Crippen molar-refractivity contribution in [3.63, 3.8) is 0 Å². The number of hydrogen-bond acceptors (Lipinski definition) is 2. The van der Waals surface area contributed by atoms with Crippen molar-refractivity contribution in [2.24, 2.45) is 0 Å². The van der Waals surface area contributed by atoms with Crippen LogP contribution in [0.1, 0.15) is 44.1 Å². The molecule has 0 spiro atoms. The fraction of sp³-hybridized carbons (Fsp3) is 0.360. The molecule has 1 aliphatic heterocycles. The van der Waals surface area contributed by atoms with Crippen LogP contribution in [0.3, 0.4) is 0 Å². The smallest absolute Gasteiger partial charge is 0.201 e. The number of hydrogen-bond donors (Lipinski definition) is 0. The average Bonchev–Trinajstić information content (AvgIpc) is 2.76. The summed E-state index contributed by atoms with van der Waals surface area (Å²) in [4.78, 5) is 0. The lowest BCUT2D eigenvalue weighted by atomic mass is 9.89. The zero-order valence-corrected chi connectivity index (χ0v) is 16.9. The second-order valence-electron chi connectivity index (χ2n) is 7.34. The van der Waals surface area contributed by atoms with E-state index in [1.54, 1.807) is 6.07 Å². The highest BCUT2D eigenvalue weighted by Gasteiger charge is 2.23. The van der Waals surface area contributed by atoms with E-state index in [1.807, 2.05) is 31.2 Å². The summed E-state index contributed by atoms with van der Waals surface area (Å²) < 4.78 is 39.9. The molecule has 0 saturated carbocycles. The van der Waals surface area contributed by atoms with Crippen LogP contribution in [0.25, 0.3) is 11.1 Å². The molecule has 0 aliphatic carbocycles. The van der Waals surface area contributed by atoms with Crippen molar-refractivity contribution in [2.45, 2.75) is 44.6 Å². The Morgan fingerprint density at radius 1 is 1.10 bits per heavy atom. The Morgan fingerprint density at radius 3 is 2.55 bits per heavy atom. The molecule has 2 aromatic rings. The summed E-state index contributed by atoms with van der Waals surface area (Å²) in [7, 11) is 0. The van der Waals surface area contributed by atoms with E-state index in [9.17, 15) is 8.78 Å². The van der Waals surface area contributed by atoms with Crippen LogP contribution in [-0.4, -0.2) is 19.3 Å². The third kappa shape index (κ3) is 5.33. The molecule has 1 aliphatic rings. The maximum Gasteiger partial charge on any atom is 0.201 e. The second kappa shape index (κ2) is 10.4. The minimum Gasteiger partial charge on any atom is -0.486 e. The molecule has 1 heterocycles. The molecule has 0 N–H and O–H groups in total. The zero-order valence-electron chi connectivity index (χ0n) is 16.9. The van der Waals surface area contributed by atoms with E-state index in [1.165, 1.54) is 17.7 Å². The van der Waals surface area contributed by atoms with Gasteiger partial charge in [0.1, 0.15) is 6.61 Å². The van der Waals surface area contributed by atoms with Gasteiger partial charge >= 0.3 is 0 Å². The highest BCUT2D eigenvalue weighted by atomic mass is 19.2. The van der Waals surface area contributed by atoms with Crippen molar-refractivity contribution in [2.75, 3.05) is 13.2 Å². The Bertz CT molecular complexity index is 835. The van der Waals surface area contributed by atoms with Gasteiger partial charge in [0.15, 0.2) is 11.6 Å². The van der Waals surface area contributed by atoms with Gasteiger partial charge in [0.25, 0.3) is 0 Å². The van der Waals surface area contributed by atoms with Crippen molar-refractivity contribution in [3.8, 4) is 16.9 Å². The molecule has 0 amide bonds. The van der Waals surface area contributed by atoms with Crippen LogP contribution in [-0.2, 0) is 4.74 Å². The molecule has 2 atom stereocenters. The lowest BCUT2D eigenvalue weighted by Gasteiger charge is -2.29. The van der Waals surface area contributed by atoms with Gasteiger partial charge in [0, 0.05) is 11.5 Å². The second-order valence-corrected chi connectivity index (χ2v) is 7.34. The SMILES string of the molecule is C=CCOc1ccc(-c2ccc(C3CCC(CC/C=C/C)OC3)cc2)c(F)c1F. The molecule has 0 bridgehead atoms. The summed E-state index contributed by atoms with van der Waals surface area (Å²) >= 11 is 0. The van der Waals surface area contributed by atoms with Gasteiger partial charge in [-0.15, -0.1) is 0 Å². The normalized spacial score (nSPS) is 19.4. The Morgan fingerprint density at radius 2 is 1.90 bits per heavy atom. The van der Waals surface area contributed by atoms with Crippen LogP contribution in [0.4, 0.5) is 8.78 Å². The fourth-order valence-corrected chi connectivity index (χ4v) is 3.70. The minimum absolute atomic E-state index is 0.105. The molecule has 29 heavy (non-hydrogen) atoms. The summed E-state index contributed by atoms with van der Waals surface area (Å²) in [6.45, 7) is 6.38. The molecular formula is C25H28F2O2. The number of rotatable bonds is 8. The van der Waals surface area contributed by atoms with Crippen LogP contribution in [0, 0.1) is 11.6 Å². The molecular weight excluding hydrogens is 370 g/mol. The van der Waals surface area contributed by atoms with Gasteiger partial charge in [-0.1, -0.05) is 49.1 Å². The summed E-state index contributed by atoms with van der Waals surface area (Å²) in [5, 5.41) is 0. The van der Waals surface area contributed by atoms with Crippen LogP contribution in [0.5, 0.6) is 5.75 Å². The van der Waals surface area contributed by atoms with Crippen molar-refractivity contribution in [1.29, 1.82) is 0 Å². The van der Waals surface area contributed by atoms with Gasteiger partial charge in [0.2, 0.25) is 5.82 Å². The van der Waals surface area contributed by atoms with Crippen molar-refractivity contribution in [3.05, 3.63) is 78.4 Å². The van der Waals surface area contributed by atoms with E-state index >= 15 is 0 Å². The van der Waals surface area contributed by atoms with E-state index in [0.29, 0.717) is 24.2 Å². The Balaban J connectivity index is 1.65. The highest BCUT2D eigenvalue weighted by molar-refractivity contribution is 5.65. The largest absolute Gasteiger partial charge is 0.486 e. The Hall–Kier alpha value is -2.46. The maximum atomic E-state index is 14.5. The number of benzene rings is 2. The molecule has 0 aromatic heterocycles. The zero-order chi connectivity index (χ0) is 20.6. The van der Waals surface area contributed by atoms with Crippen molar-refractivity contribution < 1.29 is 18.3 Å². The molecule has 154 valence electrons. The first-order chi connectivity index (χ1) is 14.1. The topological polar surface area (TPSA) is 18.5 Å². The van der Waals surface area contributed by atoms with Crippen molar-refractivity contribution in [1.82, 2.24) is 0 Å². The standard InChI is InChI=1S/C25H28F2O2/c1-3-5-6-7-21-13-12-20(17-29-21)18-8-10-19(11-9-18)22-14-15-23(28-16-4-2)25(27)24(22)26/h3-5,8-11,14-15,20-21H,2,6-7,12-13,16-17H2,1H3/b5-3+. The molecule has 2 unspecified atom stereocenters. The maximum absolute atomic E-state index is 14.5. The Labute approximate surface area is 171 Å². The van der Waals surface area contributed by atoms with Gasteiger partial charge in [0.05, 0.1) is 12.7 Å². The fourth-order valence-electron chi connectivity index (χ4n) is 3.70. The van der Waals surface area contributed by atoms with Gasteiger partial charge < -0.3 is 9.47 Å². The quantitative estimate of drug-likeness (QED) is 0.455. The van der Waals surface area contributed by atoms with Gasteiger partial charge in [-0.2, -0.15) is 4.39 Å². The third-order valence-electron chi connectivity index (χ3n) is 5.36. The van der Waals surface area contributed by atoms with E-state index in [2.05, 4.69) is 18.7 Å². The number of halogens is 2. The number of allylic oxidation sites excluding steroid dienone is 2. The molecule has 1 fully saturated rings. The predicted octanol–water partition coefficient (Wildman–Crippen LogP) is 6.82. The number of ether oxygens (including phenoxy) is 2.